The molecule has 2 aromatic heterocycles. The lowest BCUT2D eigenvalue weighted by atomic mass is 10.1. The number of anilines is 1. The standard InChI is InChI=1S/C17H18BrN5O4/c18-10-3-1-9(2-4-10)5-19-15-12-16(21-7-20-15)23(8-22-12)17-14(26)13(25)11(6-24)27-17/h1-4,7-8,11,13-14,17,24-26H,5-6H2,(H,19,20,21)/t11-,13-,14-,17?/m1/s1. The zero-order valence-corrected chi connectivity index (χ0v) is 15.7. The zero-order valence-electron chi connectivity index (χ0n) is 14.1. The van der Waals surface area contributed by atoms with E-state index in [0.29, 0.717) is 23.5 Å². The predicted octanol–water partition coefficient (Wildman–Crippen LogP) is 0.812. The molecule has 1 fully saturated rings. The van der Waals surface area contributed by atoms with Crippen LogP contribution < -0.4 is 5.32 Å². The van der Waals surface area contributed by atoms with Crippen molar-refractivity contribution in [3.05, 3.63) is 47.0 Å². The van der Waals surface area contributed by atoms with Crippen molar-refractivity contribution in [2.45, 2.75) is 31.1 Å². The molecule has 10 heteroatoms. The highest BCUT2D eigenvalue weighted by molar-refractivity contribution is 9.10. The molecule has 4 rings (SSSR count). The van der Waals surface area contributed by atoms with Crippen LogP contribution in [0.5, 0.6) is 0 Å². The van der Waals surface area contributed by atoms with E-state index in [9.17, 15) is 15.3 Å². The van der Waals surface area contributed by atoms with Gasteiger partial charge in [0.25, 0.3) is 0 Å². The summed E-state index contributed by atoms with van der Waals surface area (Å²) in [5.41, 5.74) is 2.05. The highest BCUT2D eigenvalue weighted by atomic mass is 79.9. The highest BCUT2D eigenvalue weighted by Gasteiger charge is 2.44. The van der Waals surface area contributed by atoms with Gasteiger partial charge in [0.15, 0.2) is 23.2 Å². The number of rotatable bonds is 5. The summed E-state index contributed by atoms with van der Waals surface area (Å²) in [4.78, 5) is 12.8. The van der Waals surface area contributed by atoms with Gasteiger partial charge < -0.3 is 25.4 Å². The molecular weight excluding hydrogens is 418 g/mol. The molecule has 1 aliphatic heterocycles. The van der Waals surface area contributed by atoms with Crippen LogP contribution in [-0.4, -0.2) is 59.8 Å². The van der Waals surface area contributed by atoms with Gasteiger partial charge in [-0.3, -0.25) is 4.57 Å². The molecule has 1 saturated heterocycles. The SMILES string of the molecule is OC[C@H]1OC(n2cnc3c(NCc4ccc(Br)cc4)ncnc32)[C@H](O)[C@@H]1O. The Hall–Kier alpha value is -2.11. The number of nitrogens with zero attached hydrogens (tertiary/aromatic N) is 4. The second kappa shape index (κ2) is 7.49. The van der Waals surface area contributed by atoms with Gasteiger partial charge in [0.1, 0.15) is 24.6 Å². The second-order valence-corrected chi connectivity index (χ2v) is 7.17. The first kappa shape index (κ1) is 18.3. The molecule has 142 valence electrons. The van der Waals surface area contributed by atoms with Crippen molar-refractivity contribution in [1.82, 2.24) is 19.5 Å². The maximum atomic E-state index is 10.2. The largest absolute Gasteiger partial charge is 0.394 e. The minimum absolute atomic E-state index is 0.393. The Kier molecular flexibility index (Phi) is 5.06. The molecule has 0 spiro atoms. The number of aromatic nitrogens is 4. The summed E-state index contributed by atoms with van der Waals surface area (Å²) < 4.78 is 8.10. The first-order valence-electron chi connectivity index (χ1n) is 8.37. The quantitative estimate of drug-likeness (QED) is 0.463. The molecule has 3 heterocycles. The Morgan fingerprint density at radius 3 is 2.59 bits per heavy atom. The molecular formula is C17H18BrN5O4. The highest BCUT2D eigenvalue weighted by Crippen LogP contribution is 2.32. The first-order chi connectivity index (χ1) is 13.1. The number of halogens is 1. The van der Waals surface area contributed by atoms with Crippen LogP contribution in [-0.2, 0) is 11.3 Å². The van der Waals surface area contributed by atoms with Crippen molar-refractivity contribution in [3.63, 3.8) is 0 Å². The van der Waals surface area contributed by atoms with Crippen molar-refractivity contribution in [3.8, 4) is 0 Å². The molecule has 4 N–H and O–H groups in total. The molecule has 27 heavy (non-hydrogen) atoms. The van der Waals surface area contributed by atoms with Crippen molar-refractivity contribution in [1.29, 1.82) is 0 Å². The van der Waals surface area contributed by atoms with Crippen LogP contribution in [0, 0.1) is 0 Å². The predicted molar refractivity (Wildman–Crippen MR) is 99.8 cm³/mol. The first-order valence-corrected chi connectivity index (χ1v) is 9.16. The number of hydrogen-bond donors (Lipinski definition) is 4. The maximum Gasteiger partial charge on any atom is 0.167 e. The van der Waals surface area contributed by atoms with E-state index in [1.54, 1.807) is 0 Å². The third-order valence-corrected chi connectivity index (χ3v) is 5.05. The lowest BCUT2D eigenvalue weighted by Gasteiger charge is -2.16. The average molecular weight is 436 g/mol. The van der Waals surface area contributed by atoms with Gasteiger partial charge >= 0.3 is 0 Å². The third-order valence-electron chi connectivity index (χ3n) is 4.52. The van der Waals surface area contributed by atoms with E-state index in [0.717, 1.165) is 10.0 Å². The minimum Gasteiger partial charge on any atom is -0.394 e. The fourth-order valence-corrected chi connectivity index (χ4v) is 3.33. The summed E-state index contributed by atoms with van der Waals surface area (Å²) in [6, 6.07) is 7.91. The normalized spacial score (nSPS) is 25.2. The van der Waals surface area contributed by atoms with Crippen molar-refractivity contribution < 1.29 is 20.1 Å². The van der Waals surface area contributed by atoms with Gasteiger partial charge in [0, 0.05) is 11.0 Å². The van der Waals surface area contributed by atoms with Gasteiger partial charge in [-0.1, -0.05) is 28.1 Å². The fourth-order valence-electron chi connectivity index (χ4n) is 3.07. The minimum atomic E-state index is -1.20. The van der Waals surface area contributed by atoms with Crippen LogP contribution in [0.3, 0.4) is 0 Å². The molecule has 9 nitrogen and oxygen atoms in total. The van der Waals surface area contributed by atoms with Gasteiger partial charge in [0.05, 0.1) is 12.9 Å². The number of aliphatic hydroxyl groups is 3. The summed E-state index contributed by atoms with van der Waals surface area (Å²) in [6.07, 6.45) is -1.27. The van der Waals surface area contributed by atoms with Gasteiger partial charge in [-0.05, 0) is 17.7 Å². The lowest BCUT2D eigenvalue weighted by molar-refractivity contribution is -0.0511. The molecule has 0 bridgehead atoms. The monoisotopic (exact) mass is 435 g/mol. The number of hydrogen-bond acceptors (Lipinski definition) is 8. The number of aliphatic hydroxyl groups excluding tert-OH is 3. The van der Waals surface area contributed by atoms with Crippen molar-refractivity contribution in [2.24, 2.45) is 0 Å². The summed E-state index contributed by atoms with van der Waals surface area (Å²) in [7, 11) is 0. The van der Waals surface area contributed by atoms with Crippen LogP contribution in [0.25, 0.3) is 11.2 Å². The Morgan fingerprint density at radius 1 is 1.11 bits per heavy atom. The van der Waals surface area contributed by atoms with Crippen LogP contribution in [0.1, 0.15) is 11.8 Å². The topological polar surface area (TPSA) is 126 Å². The Balaban J connectivity index is 1.59. The summed E-state index contributed by atoms with van der Waals surface area (Å²) >= 11 is 3.41. The third kappa shape index (κ3) is 3.42. The van der Waals surface area contributed by atoms with E-state index in [-0.39, 0.29) is 0 Å². The van der Waals surface area contributed by atoms with E-state index >= 15 is 0 Å². The summed E-state index contributed by atoms with van der Waals surface area (Å²) in [5, 5.41) is 32.7. The Morgan fingerprint density at radius 2 is 1.89 bits per heavy atom. The van der Waals surface area contributed by atoms with Crippen molar-refractivity contribution >= 4 is 32.9 Å². The second-order valence-electron chi connectivity index (χ2n) is 6.26. The number of nitrogens with one attached hydrogen (secondary N) is 1. The fraction of sp³-hybridized carbons (Fsp3) is 0.353. The Labute approximate surface area is 162 Å². The van der Waals surface area contributed by atoms with Gasteiger partial charge in [-0.25, -0.2) is 15.0 Å². The number of fused-ring (bicyclic) bond motifs is 1. The summed E-state index contributed by atoms with van der Waals surface area (Å²) in [5.74, 6) is 0.549. The average Bonchev–Trinajstić information content (AvgIpc) is 3.23. The van der Waals surface area contributed by atoms with Gasteiger partial charge in [-0.2, -0.15) is 0 Å². The Bertz CT molecular complexity index is 935. The van der Waals surface area contributed by atoms with E-state index < -0.39 is 31.1 Å². The molecule has 1 aromatic carbocycles. The van der Waals surface area contributed by atoms with Crippen LogP contribution in [0.4, 0.5) is 5.82 Å². The number of imidazole rings is 1. The summed E-state index contributed by atoms with van der Waals surface area (Å²) in [6.45, 7) is 0.163. The molecule has 0 aliphatic carbocycles. The molecule has 0 saturated carbocycles. The molecule has 4 atom stereocenters. The smallest absolute Gasteiger partial charge is 0.167 e. The van der Waals surface area contributed by atoms with Crippen LogP contribution in [0.15, 0.2) is 41.4 Å². The molecule has 1 unspecified atom stereocenters. The van der Waals surface area contributed by atoms with E-state index in [2.05, 4.69) is 36.2 Å². The molecule has 1 aliphatic rings. The lowest BCUT2D eigenvalue weighted by Crippen LogP contribution is -2.33. The maximum absolute atomic E-state index is 10.2. The van der Waals surface area contributed by atoms with E-state index in [1.807, 2.05) is 24.3 Å². The van der Waals surface area contributed by atoms with E-state index in [1.165, 1.54) is 17.2 Å². The van der Waals surface area contributed by atoms with Crippen LogP contribution >= 0.6 is 15.9 Å². The molecule has 3 aromatic rings. The number of benzene rings is 1. The molecule has 0 radical (unpaired) electrons. The number of ether oxygens (including phenoxy) is 1. The molecule has 0 amide bonds. The van der Waals surface area contributed by atoms with Crippen LogP contribution in [0.2, 0.25) is 0 Å². The van der Waals surface area contributed by atoms with E-state index in [4.69, 9.17) is 4.74 Å². The van der Waals surface area contributed by atoms with Crippen molar-refractivity contribution in [2.75, 3.05) is 11.9 Å². The zero-order chi connectivity index (χ0) is 19.0. The van der Waals surface area contributed by atoms with Gasteiger partial charge in [0.2, 0.25) is 0 Å². The van der Waals surface area contributed by atoms with Gasteiger partial charge in [-0.15, -0.1) is 0 Å².